The van der Waals surface area contributed by atoms with Crippen molar-refractivity contribution >= 4 is 23.1 Å². The Bertz CT molecular complexity index is 1350. The molecule has 0 fully saturated rings. The molecular formula is C27H23F3N2O3. The van der Waals surface area contributed by atoms with Gasteiger partial charge in [-0.05, 0) is 68.3 Å². The van der Waals surface area contributed by atoms with Gasteiger partial charge in [-0.1, -0.05) is 6.07 Å². The summed E-state index contributed by atoms with van der Waals surface area (Å²) >= 11 is 0. The zero-order valence-electron chi connectivity index (χ0n) is 19.4. The summed E-state index contributed by atoms with van der Waals surface area (Å²) in [5.41, 5.74) is 2.16. The summed E-state index contributed by atoms with van der Waals surface area (Å²) in [4.78, 5) is 30.1. The van der Waals surface area contributed by atoms with Crippen molar-refractivity contribution in [2.45, 2.75) is 32.2 Å². The van der Waals surface area contributed by atoms with Crippen molar-refractivity contribution in [1.82, 2.24) is 0 Å². The molecule has 0 saturated heterocycles. The maximum atomic E-state index is 13.9. The zero-order valence-corrected chi connectivity index (χ0v) is 19.4. The Morgan fingerprint density at radius 1 is 1.03 bits per heavy atom. The largest absolute Gasteiger partial charge is 0.497 e. The van der Waals surface area contributed by atoms with Crippen LogP contribution in [0.25, 0.3) is 0 Å². The molecule has 0 radical (unpaired) electrons. The number of rotatable bonds is 6. The minimum absolute atomic E-state index is 0.0725. The van der Waals surface area contributed by atoms with Crippen LogP contribution in [0.4, 0.5) is 18.9 Å². The summed E-state index contributed by atoms with van der Waals surface area (Å²) < 4.78 is 46.0. The molecule has 0 unspecified atom stereocenters. The fraction of sp³-hybridized carbons (Fsp3) is 0.222. The summed E-state index contributed by atoms with van der Waals surface area (Å²) in [5.74, 6) is -4.47. The van der Waals surface area contributed by atoms with Crippen LogP contribution < -0.4 is 10.1 Å². The van der Waals surface area contributed by atoms with Gasteiger partial charge < -0.3 is 10.1 Å². The van der Waals surface area contributed by atoms with Crippen molar-refractivity contribution in [2.24, 2.45) is 4.99 Å². The molecule has 1 aliphatic heterocycles. The van der Waals surface area contributed by atoms with Gasteiger partial charge >= 0.3 is 0 Å². The molecule has 5 nitrogen and oxygen atoms in total. The van der Waals surface area contributed by atoms with Gasteiger partial charge in [-0.2, -0.15) is 0 Å². The number of methoxy groups -OCH3 is 1. The van der Waals surface area contributed by atoms with Gasteiger partial charge in [-0.15, -0.1) is 0 Å². The molecule has 0 bridgehead atoms. The minimum atomic E-state index is -1.45. The number of nitrogens with zero attached hydrogens (tertiary/aromatic N) is 1. The predicted molar refractivity (Wildman–Crippen MR) is 127 cm³/mol. The molecule has 3 aromatic rings. The number of nitrogens with one attached hydrogen (secondary N) is 1. The lowest BCUT2D eigenvalue weighted by Crippen LogP contribution is -2.30. The van der Waals surface area contributed by atoms with Crippen LogP contribution in [0, 0.1) is 17.5 Å². The Balaban J connectivity index is 1.51. The average molecular weight is 480 g/mol. The smallest absolute Gasteiger partial charge is 0.258 e. The van der Waals surface area contributed by atoms with E-state index in [-0.39, 0.29) is 23.4 Å². The number of halogens is 3. The Morgan fingerprint density at radius 3 is 2.43 bits per heavy atom. The molecule has 0 atom stereocenters. The topological polar surface area (TPSA) is 67.8 Å². The third-order valence-corrected chi connectivity index (χ3v) is 5.72. The number of aliphatic imine (C=N–C) groups is 1. The van der Waals surface area contributed by atoms with Gasteiger partial charge in [0, 0.05) is 22.9 Å². The molecule has 1 aliphatic rings. The standard InChI is InChI=1S/C27H23F3N2O3/c1-27(2)14-16-6-9-19(35-3)12-20(16)23(32-27)13-24(33)15-4-7-18(8-5-15)31-26(34)21-10-17(28)11-22(29)25(21)30/h4-12H,13-14H2,1-3H3,(H,31,34). The SMILES string of the molecule is COc1ccc2c(c1)C(CC(=O)c1ccc(NC(=O)c3cc(F)cc(F)c3F)cc1)=NC(C)(C)C2. The van der Waals surface area contributed by atoms with E-state index in [1.54, 1.807) is 7.11 Å². The number of Topliss-reactive ketones (excluding diaryl/α,β-unsaturated/α-hetero) is 1. The number of fused-ring (bicyclic) bond motifs is 1. The fourth-order valence-corrected chi connectivity index (χ4v) is 4.08. The lowest BCUT2D eigenvalue weighted by molar-refractivity contribution is 0.0998. The molecular weight excluding hydrogens is 457 g/mol. The molecule has 0 aliphatic carbocycles. The minimum Gasteiger partial charge on any atom is -0.497 e. The number of carbonyl (C=O) groups excluding carboxylic acids is 2. The molecule has 1 N–H and O–H groups in total. The number of anilines is 1. The van der Waals surface area contributed by atoms with E-state index in [0.29, 0.717) is 29.2 Å². The van der Waals surface area contributed by atoms with E-state index in [2.05, 4.69) is 5.32 Å². The molecule has 1 heterocycles. The molecule has 0 spiro atoms. The monoisotopic (exact) mass is 480 g/mol. The van der Waals surface area contributed by atoms with E-state index in [1.807, 2.05) is 32.0 Å². The van der Waals surface area contributed by atoms with Crippen LogP contribution in [-0.2, 0) is 6.42 Å². The highest BCUT2D eigenvalue weighted by atomic mass is 19.2. The van der Waals surface area contributed by atoms with E-state index >= 15 is 0 Å². The van der Waals surface area contributed by atoms with Gasteiger partial charge in [-0.3, -0.25) is 14.6 Å². The van der Waals surface area contributed by atoms with Gasteiger partial charge in [0.25, 0.3) is 5.91 Å². The maximum Gasteiger partial charge on any atom is 0.258 e. The molecule has 8 heteroatoms. The number of amides is 1. The Hall–Kier alpha value is -3.94. The predicted octanol–water partition coefficient (Wildman–Crippen LogP) is 5.76. The van der Waals surface area contributed by atoms with Crippen molar-refractivity contribution < 1.29 is 27.5 Å². The van der Waals surface area contributed by atoms with E-state index in [4.69, 9.17) is 9.73 Å². The van der Waals surface area contributed by atoms with Crippen molar-refractivity contribution in [1.29, 1.82) is 0 Å². The highest BCUT2D eigenvalue weighted by Crippen LogP contribution is 2.31. The fourth-order valence-electron chi connectivity index (χ4n) is 4.08. The van der Waals surface area contributed by atoms with Crippen molar-refractivity contribution in [3.8, 4) is 5.75 Å². The lowest BCUT2D eigenvalue weighted by atomic mass is 9.85. The number of ether oxygens (including phenoxy) is 1. The number of carbonyl (C=O) groups is 2. The normalized spacial score (nSPS) is 14.1. The van der Waals surface area contributed by atoms with Crippen molar-refractivity contribution in [3.63, 3.8) is 0 Å². The van der Waals surface area contributed by atoms with Crippen LogP contribution in [0.5, 0.6) is 5.75 Å². The highest BCUT2D eigenvalue weighted by molar-refractivity contribution is 6.17. The Morgan fingerprint density at radius 2 is 1.74 bits per heavy atom. The second kappa shape index (κ2) is 9.37. The summed E-state index contributed by atoms with van der Waals surface area (Å²) in [5, 5.41) is 2.38. The summed E-state index contributed by atoms with van der Waals surface area (Å²) in [6, 6.07) is 12.7. The molecule has 0 saturated carbocycles. The molecule has 4 rings (SSSR count). The van der Waals surface area contributed by atoms with E-state index in [1.165, 1.54) is 24.3 Å². The molecule has 180 valence electrons. The van der Waals surface area contributed by atoms with Crippen molar-refractivity contribution in [3.05, 3.63) is 94.3 Å². The van der Waals surface area contributed by atoms with Crippen LogP contribution in [0.3, 0.4) is 0 Å². The first-order valence-corrected chi connectivity index (χ1v) is 10.9. The molecule has 35 heavy (non-hydrogen) atoms. The maximum absolute atomic E-state index is 13.9. The molecule has 0 aromatic heterocycles. The average Bonchev–Trinajstić information content (AvgIpc) is 2.80. The van der Waals surface area contributed by atoms with Crippen LogP contribution >= 0.6 is 0 Å². The first kappa shape index (κ1) is 24.2. The second-order valence-corrected chi connectivity index (χ2v) is 8.95. The van der Waals surface area contributed by atoms with Crippen molar-refractivity contribution in [2.75, 3.05) is 12.4 Å². The van der Waals surface area contributed by atoms with Gasteiger partial charge in [-0.25, -0.2) is 13.2 Å². The summed E-state index contributed by atoms with van der Waals surface area (Å²) in [6.07, 6.45) is 0.817. The van der Waals surface area contributed by atoms with Crippen LogP contribution in [0.1, 0.15) is 52.1 Å². The third kappa shape index (κ3) is 5.26. The van der Waals surface area contributed by atoms with Crippen LogP contribution in [0.2, 0.25) is 0 Å². The van der Waals surface area contributed by atoms with E-state index < -0.39 is 28.9 Å². The first-order valence-electron chi connectivity index (χ1n) is 10.9. The summed E-state index contributed by atoms with van der Waals surface area (Å²) in [6.45, 7) is 4.02. The third-order valence-electron chi connectivity index (χ3n) is 5.72. The lowest BCUT2D eigenvalue weighted by Gasteiger charge is -2.29. The number of ketones is 1. The summed E-state index contributed by atoms with van der Waals surface area (Å²) in [7, 11) is 1.58. The highest BCUT2D eigenvalue weighted by Gasteiger charge is 2.28. The number of benzene rings is 3. The van der Waals surface area contributed by atoms with Gasteiger partial charge in [0.05, 0.1) is 30.3 Å². The zero-order chi connectivity index (χ0) is 25.3. The second-order valence-electron chi connectivity index (χ2n) is 8.95. The first-order chi connectivity index (χ1) is 16.6. The number of hydrogen-bond acceptors (Lipinski definition) is 4. The quantitative estimate of drug-likeness (QED) is 0.360. The molecule has 3 aromatic carbocycles. The Kier molecular flexibility index (Phi) is 6.47. The van der Waals surface area contributed by atoms with E-state index in [0.717, 1.165) is 17.5 Å². The van der Waals surface area contributed by atoms with Gasteiger partial charge in [0.15, 0.2) is 17.4 Å². The van der Waals surface area contributed by atoms with Gasteiger partial charge in [0.1, 0.15) is 11.6 Å². The number of hydrogen-bond donors (Lipinski definition) is 1. The van der Waals surface area contributed by atoms with Crippen LogP contribution in [-0.4, -0.2) is 30.1 Å². The van der Waals surface area contributed by atoms with E-state index in [9.17, 15) is 22.8 Å². The Labute approximate surface area is 200 Å². The molecule has 1 amide bonds. The van der Waals surface area contributed by atoms with Gasteiger partial charge in [0.2, 0.25) is 0 Å². The van der Waals surface area contributed by atoms with Crippen LogP contribution in [0.15, 0.2) is 59.6 Å².